The predicted molar refractivity (Wildman–Crippen MR) is 73.4 cm³/mol. The van der Waals surface area contributed by atoms with E-state index in [0.29, 0.717) is 30.2 Å². The molecule has 106 valence electrons. The van der Waals surface area contributed by atoms with Gasteiger partial charge in [-0.05, 0) is 17.7 Å². The number of carbonyl (C=O) groups excluding carboxylic acids is 1. The van der Waals surface area contributed by atoms with Gasteiger partial charge >= 0.3 is 0 Å². The van der Waals surface area contributed by atoms with Crippen LogP contribution in [0.25, 0.3) is 0 Å². The fourth-order valence-corrected chi connectivity index (χ4v) is 1.98. The number of carbonyl (C=O) groups is 1. The second kappa shape index (κ2) is 5.58. The Morgan fingerprint density at radius 3 is 3.05 bits per heavy atom. The Bertz CT molecular complexity index is 748. The highest BCUT2D eigenvalue weighted by Crippen LogP contribution is 2.10. The SMILES string of the molecule is NC(=O)c1cccc(Cc2noc(Cn3ccnc3)n2)c1. The molecule has 0 aliphatic carbocycles. The number of rotatable bonds is 5. The number of benzene rings is 1. The molecule has 21 heavy (non-hydrogen) atoms. The molecular weight excluding hydrogens is 270 g/mol. The minimum absolute atomic E-state index is 0.453. The van der Waals surface area contributed by atoms with E-state index in [1.54, 1.807) is 30.7 Å². The first kappa shape index (κ1) is 13.0. The van der Waals surface area contributed by atoms with E-state index < -0.39 is 5.91 Å². The Balaban J connectivity index is 1.72. The van der Waals surface area contributed by atoms with Gasteiger partial charge < -0.3 is 14.8 Å². The first-order chi connectivity index (χ1) is 10.2. The van der Waals surface area contributed by atoms with Crippen molar-refractivity contribution in [3.05, 3.63) is 65.8 Å². The lowest BCUT2D eigenvalue weighted by atomic mass is 10.1. The van der Waals surface area contributed by atoms with Crippen molar-refractivity contribution in [2.75, 3.05) is 0 Å². The molecule has 0 bridgehead atoms. The summed E-state index contributed by atoms with van der Waals surface area (Å²) in [5.41, 5.74) is 6.63. The summed E-state index contributed by atoms with van der Waals surface area (Å²) < 4.78 is 7.02. The van der Waals surface area contributed by atoms with Gasteiger partial charge in [0.15, 0.2) is 5.82 Å². The zero-order chi connectivity index (χ0) is 14.7. The summed E-state index contributed by atoms with van der Waals surface area (Å²) in [4.78, 5) is 19.4. The highest BCUT2D eigenvalue weighted by Gasteiger charge is 2.09. The number of imidazole rings is 1. The fourth-order valence-electron chi connectivity index (χ4n) is 1.98. The normalized spacial score (nSPS) is 10.7. The molecule has 2 N–H and O–H groups in total. The maximum Gasteiger partial charge on any atom is 0.248 e. The molecule has 3 aromatic rings. The lowest BCUT2D eigenvalue weighted by Crippen LogP contribution is -2.11. The van der Waals surface area contributed by atoms with Gasteiger partial charge in [0.1, 0.15) is 6.54 Å². The molecule has 1 amide bonds. The molecule has 0 saturated carbocycles. The van der Waals surface area contributed by atoms with Gasteiger partial charge in [-0.25, -0.2) is 4.98 Å². The zero-order valence-electron chi connectivity index (χ0n) is 11.1. The van der Waals surface area contributed by atoms with Gasteiger partial charge in [0.25, 0.3) is 0 Å². The van der Waals surface area contributed by atoms with Crippen LogP contribution in [0.2, 0.25) is 0 Å². The molecule has 0 unspecified atom stereocenters. The zero-order valence-corrected chi connectivity index (χ0v) is 11.1. The van der Waals surface area contributed by atoms with Crippen molar-refractivity contribution in [3.8, 4) is 0 Å². The second-order valence-electron chi connectivity index (χ2n) is 4.58. The lowest BCUT2D eigenvalue weighted by Gasteiger charge is -1.99. The van der Waals surface area contributed by atoms with Crippen LogP contribution in [0.4, 0.5) is 0 Å². The van der Waals surface area contributed by atoms with Gasteiger partial charge in [0.05, 0.1) is 6.33 Å². The van der Waals surface area contributed by atoms with Crippen LogP contribution < -0.4 is 5.73 Å². The van der Waals surface area contributed by atoms with Gasteiger partial charge in [0, 0.05) is 24.4 Å². The molecule has 0 radical (unpaired) electrons. The van der Waals surface area contributed by atoms with Gasteiger partial charge in [-0.15, -0.1) is 0 Å². The van der Waals surface area contributed by atoms with Gasteiger partial charge in [-0.3, -0.25) is 4.79 Å². The average molecular weight is 283 g/mol. The predicted octanol–water partition coefficient (Wildman–Crippen LogP) is 1.00. The smallest absolute Gasteiger partial charge is 0.248 e. The van der Waals surface area contributed by atoms with Crippen molar-refractivity contribution in [1.82, 2.24) is 19.7 Å². The largest absolute Gasteiger partial charge is 0.366 e. The number of hydrogen-bond donors (Lipinski definition) is 1. The highest BCUT2D eigenvalue weighted by atomic mass is 16.5. The minimum atomic E-state index is -0.453. The van der Waals surface area contributed by atoms with Gasteiger partial charge in [-0.1, -0.05) is 17.3 Å². The first-order valence-electron chi connectivity index (χ1n) is 6.36. The fraction of sp³-hybridized carbons (Fsp3) is 0.143. The standard InChI is InChI=1S/C14H13N5O2/c15-14(20)11-3-1-2-10(6-11)7-12-17-13(21-18-12)8-19-5-4-16-9-19/h1-6,9H,7-8H2,(H2,15,20). The Hall–Kier alpha value is -2.96. The molecule has 7 nitrogen and oxygen atoms in total. The monoisotopic (exact) mass is 283 g/mol. The topological polar surface area (TPSA) is 99.8 Å². The highest BCUT2D eigenvalue weighted by molar-refractivity contribution is 5.92. The molecule has 0 atom stereocenters. The molecule has 2 heterocycles. The van der Waals surface area contributed by atoms with Crippen molar-refractivity contribution in [2.45, 2.75) is 13.0 Å². The van der Waals surface area contributed by atoms with E-state index in [1.165, 1.54) is 0 Å². The summed E-state index contributed by atoms with van der Waals surface area (Å²) in [6.07, 6.45) is 5.67. The maximum atomic E-state index is 11.2. The number of aromatic nitrogens is 4. The average Bonchev–Trinajstić information content (AvgIpc) is 3.12. The molecular formula is C14H13N5O2. The molecule has 0 aliphatic rings. The van der Waals surface area contributed by atoms with E-state index in [0.717, 1.165) is 5.56 Å². The Labute approximate surface area is 120 Å². The quantitative estimate of drug-likeness (QED) is 0.753. The summed E-state index contributed by atoms with van der Waals surface area (Å²) in [6, 6.07) is 7.07. The Morgan fingerprint density at radius 2 is 2.29 bits per heavy atom. The van der Waals surface area contributed by atoms with Crippen LogP contribution >= 0.6 is 0 Å². The van der Waals surface area contributed by atoms with E-state index in [2.05, 4.69) is 15.1 Å². The Morgan fingerprint density at radius 1 is 1.38 bits per heavy atom. The lowest BCUT2D eigenvalue weighted by molar-refractivity contribution is 0.1000. The van der Waals surface area contributed by atoms with Crippen molar-refractivity contribution in [3.63, 3.8) is 0 Å². The third-order valence-corrected chi connectivity index (χ3v) is 2.96. The number of nitrogens with two attached hydrogens (primary N) is 1. The van der Waals surface area contributed by atoms with Crippen LogP contribution in [0.15, 0.2) is 47.5 Å². The molecule has 0 fully saturated rings. The number of nitrogens with zero attached hydrogens (tertiary/aromatic N) is 4. The third kappa shape index (κ3) is 3.14. The van der Waals surface area contributed by atoms with E-state index in [9.17, 15) is 4.79 Å². The van der Waals surface area contributed by atoms with Crippen LogP contribution in [0.5, 0.6) is 0 Å². The van der Waals surface area contributed by atoms with E-state index >= 15 is 0 Å². The summed E-state index contributed by atoms with van der Waals surface area (Å²) in [5, 5.41) is 3.93. The third-order valence-electron chi connectivity index (χ3n) is 2.96. The number of amides is 1. The maximum absolute atomic E-state index is 11.2. The van der Waals surface area contributed by atoms with Crippen LogP contribution in [0.1, 0.15) is 27.6 Å². The number of hydrogen-bond acceptors (Lipinski definition) is 5. The van der Waals surface area contributed by atoms with E-state index in [1.807, 2.05) is 16.8 Å². The van der Waals surface area contributed by atoms with Gasteiger partial charge in [0.2, 0.25) is 11.8 Å². The first-order valence-corrected chi connectivity index (χ1v) is 6.36. The molecule has 1 aromatic carbocycles. The van der Waals surface area contributed by atoms with Crippen molar-refractivity contribution >= 4 is 5.91 Å². The second-order valence-corrected chi connectivity index (χ2v) is 4.58. The molecule has 0 saturated heterocycles. The summed E-state index contributed by atoms with van der Waals surface area (Å²) in [5.74, 6) is 0.617. The summed E-state index contributed by atoms with van der Waals surface area (Å²) in [7, 11) is 0. The van der Waals surface area contributed by atoms with Crippen LogP contribution in [-0.2, 0) is 13.0 Å². The molecule has 0 spiro atoms. The van der Waals surface area contributed by atoms with Crippen LogP contribution in [0.3, 0.4) is 0 Å². The van der Waals surface area contributed by atoms with E-state index in [4.69, 9.17) is 10.3 Å². The number of primary amides is 1. The molecule has 3 rings (SSSR count). The van der Waals surface area contributed by atoms with E-state index in [-0.39, 0.29) is 0 Å². The summed E-state index contributed by atoms with van der Waals surface area (Å²) in [6.45, 7) is 0.480. The molecule has 2 aromatic heterocycles. The molecule has 0 aliphatic heterocycles. The summed E-state index contributed by atoms with van der Waals surface area (Å²) >= 11 is 0. The minimum Gasteiger partial charge on any atom is -0.366 e. The van der Waals surface area contributed by atoms with Crippen LogP contribution in [0, 0.1) is 0 Å². The van der Waals surface area contributed by atoms with Crippen molar-refractivity contribution in [1.29, 1.82) is 0 Å². The van der Waals surface area contributed by atoms with Crippen molar-refractivity contribution in [2.24, 2.45) is 5.73 Å². The van der Waals surface area contributed by atoms with Crippen molar-refractivity contribution < 1.29 is 9.32 Å². The van der Waals surface area contributed by atoms with Gasteiger partial charge in [-0.2, -0.15) is 4.98 Å². The molecule has 7 heteroatoms. The van der Waals surface area contributed by atoms with Crippen LogP contribution in [-0.4, -0.2) is 25.6 Å². The Kier molecular flexibility index (Phi) is 3.46.